The summed E-state index contributed by atoms with van der Waals surface area (Å²) >= 11 is 0. The Morgan fingerprint density at radius 1 is 1.15 bits per heavy atom. The monoisotopic (exact) mass is 466 g/mol. The number of amides is 1. The zero-order valence-electron chi connectivity index (χ0n) is 17.9. The van der Waals surface area contributed by atoms with Gasteiger partial charge in [0.25, 0.3) is 0 Å². The van der Waals surface area contributed by atoms with Gasteiger partial charge in [0.1, 0.15) is 17.7 Å². The molecule has 1 aliphatic rings. The summed E-state index contributed by atoms with van der Waals surface area (Å²) in [5, 5.41) is 21.0. The van der Waals surface area contributed by atoms with Gasteiger partial charge >= 0.3 is 6.09 Å². The molecule has 1 amide bonds. The molecule has 0 bridgehead atoms. The number of cyclic esters (lactones) is 1. The molecule has 2 N–H and O–H groups in total. The van der Waals surface area contributed by atoms with Crippen molar-refractivity contribution in [2.45, 2.75) is 25.7 Å². The van der Waals surface area contributed by atoms with Crippen molar-refractivity contribution in [3.63, 3.8) is 0 Å². The van der Waals surface area contributed by atoms with Crippen LogP contribution in [0.5, 0.6) is 0 Å². The highest BCUT2D eigenvalue weighted by molar-refractivity contribution is 5.90. The molecule has 0 aliphatic carbocycles. The van der Waals surface area contributed by atoms with Gasteiger partial charge in [-0.2, -0.15) is 15.4 Å². The summed E-state index contributed by atoms with van der Waals surface area (Å²) in [5.74, 6) is -1.53. The number of halogens is 2. The van der Waals surface area contributed by atoms with Crippen LogP contribution >= 0.6 is 0 Å². The van der Waals surface area contributed by atoms with Crippen LogP contribution in [0.25, 0.3) is 11.1 Å². The van der Waals surface area contributed by atoms with E-state index in [1.54, 1.807) is 36.7 Å². The predicted molar refractivity (Wildman–Crippen MR) is 116 cm³/mol. The molecular weight excluding hydrogens is 446 g/mol. The number of aromatic amines is 1. The summed E-state index contributed by atoms with van der Waals surface area (Å²) < 4.78 is 36.8. The van der Waals surface area contributed by atoms with Crippen LogP contribution < -0.4 is 10.2 Å². The van der Waals surface area contributed by atoms with E-state index in [2.05, 4.69) is 31.0 Å². The standard InChI is InChI=1S/C22H20F2N8O2/c23-19-7-17(32-13-18(34-22(32)33)12-31-6-5-26-30-31)8-20(24)21(19)15-3-1-14(2-4-15)9-25-10-16-11-27-29-28-16/h1-8,11,18,25H,9-10,12-13H2,(H,27,28,29)/t18-/m0/s1. The molecule has 1 atom stereocenters. The average molecular weight is 466 g/mol. The zero-order chi connectivity index (χ0) is 23.5. The van der Waals surface area contributed by atoms with Crippen LogP contribution in [-0.4, -0.2) is 49.1 Å². The van der Waals surface area contributed by atoms with E-state index in [-0.39, 0.29) is 17.8 Å². The number of nitrogens with one attached hydrogen (secondary N) is 2. The largest absolute Gasteiger partial charge is 0.442 e. The molecule has 0 radical (unpaired) electrons. The Hall–Kier alpha value is -4.19. The number of benzene rings is 2. The number of rotatable bonds is 8. The lowest BCUT2D eigenvalue weighted by molar-refractivity contribution is 0.129. The average Bonchev–Trinajstić information content (AvgIpc) is 3.58. The molecule has 1 fully saturated rings. The van der Waals surface area contributed by atoms with Gasteiger partial charge in [-0.1, -0.05) is 29.5 Å². The first-order valence-electron chi connectivity index (χ1n) is 10.5. The number of hydrogen-bond acceptors (Lipinski definition) is 7. The van der Waals surface area contributed by atoms with Crippen LogP contribution in [-0.2, 0) is 24.4 Å². The normalized spacial score (nSPS) is 15.6. The van der Waals surface area contributed by atoms with Crippen LogP contribution in [0.3, 0.4) is 0 Å². The second-order valence-electron chi connectivity index (χ2n) is 7.79. The Balaban J connectivity index is 1.27. The third-order valence-electron chi connectivity index (χ3n) is 5.42. The maximum atomic E-state index is 15.0. The lowest BCUT2D eigenvalue weighted by Crippen LogP contribution is -2.26. The van der Waals surface area contributed by atoms with E-state index < -0.39 is 23.8 Å². The van der Waals surface area contributed by atoms with Crippen molar-refractivity contribution in [3.05, 3.63) is 77.9 Å². The summed E-state index contributed by atoms with van der Waals surface area (Å²) in [7, 11) is 0. The van der Waals surface area contributed by atoms with Crippen molar-refractivity contribution in [1.29, 1.82) is 0 Å². The molecule has 0 saturated carbocycles. The van der Waals surface area contributed by atoms with Gasteiger partial charge in [-0.15, -0.1) is 5.10 Å². The molecule has 174 valence electrons. The molecule has 2 aromatic heterocycles. The van der Waals surface area contributed by atoms with Crippen LogP contribution in [0.4, 0.5) is 19.3 Å². The number of aromatic nitrogens is 6. The van der Waals surface area contributed by atoms with Crippen LogP contribution in [0.1, 0.15) is 11.3 Å². The van der Waals surface area contributed by atoms with Crippen molar-refractivity contribution in [3.8, 4) is 11.1 Å². The Bertz CT molecular complexity index is 1240. The van der Waals surface area contributed by atoms with E-state index in [9.17, 15) is 13.6 Å². The molecule has 0 spiro atoms. The summed E-state index contributed by atoms with van der Waals surface area (Å²) in [5.41, 5.74) is 2.07. The smallest absolute Gasteiger partial charge is 0.414 e. The number of carbonyl (C=O) groups is 1. The molecule has 0 unspecified atom stereocenters. The summed E-state index contributed by atoms with van der Waals surface area (Å²) in [4.78, 5) is 13.5. The highest BCUT2D eigenvalue weighted by Crippen LogP contribution is 2.32. The van der Waals surface area contributed by atoms with Gasteiger partial charge in [0.15, 0.2) is 0 Å². The van der Waals surface area contributed by atoms with Gasteiger partial charge in [0.05, 0.1) is 42.4 Å². The molecule has 34 heavy (non-hydrogen) atoms. The molecule has 1 aliphatic heterocycles. The Kier molecular flexibility index (Phi) is 5.95. The highest BCUT2D eigenvalue weighted by atomic mass is 19.1. The van der Waals surface area contributed by atoms with E-state index in [0.29, 0.717) is 25.2 Å². The molecule has 3 heterocycles. The summed E-state index contributed by atoms with van der Waals surface area (Å²) in [6.45, 7) is 1.55. The predicted octanol–water partition coefficient (Wildman–Crippen LogP) is 2.66. The van der Waals surface area contributed by atoms with E-state index >= 15 is 0 Å². The van der Waals surface area contributed by atoms with Gasteiger partial charge in [0.2, 0.25) is 0 Å². The molecule has 5 rings (SSSR count). The van der Waals surface area contributed by atoms with E-state index in [4.69, 9.17) is 4.74 Å². The minimum absolute atomic E-state index is 0.0958. The lowest BCUT2D eigenvalue weighted by atomic mass is 10.0. The van der Waals surface area contributed by atoms with Crippen molar-refractivity contribution in [2.75, 3.05) is 11.4 Å². The molecule has 2 aromatic carbocycles. The Labute approximate surface area is 192 Å². The Morgan fingerprint density at radius 3 is 2.62 bits per heavy atom. The first-order chi connectivity index (χ1) is 16.6. The van der Waals surface area contributed by atoms with Gasteiger partial charge in [-0.05, 0) is 23.3 Å². The van der Waals surface area contributed by atoms with Gasteiger partial charge in [-0.25, -0.2) is 18.3 Å². The summed E-state index contributed by atoms with van der Waals surface area (Å²) in [6, 6.07) is 9.20. The van der Waals surface area contributed by atoms with E-state index in [1.807, 2.05) is 0 Å². The first-order valence-corrected chi connectivity index (χ1v) is 10.5. The fraction of sp³-hybridized carbons (Fsp3) is 0.227. The number of H-pyrrole nitrogens is 1. The minimum atomic E-state index is -0.764. The lowest BCUT2D eigenvalue weighted by Gasteiger charge is -2.15. The topological polar surface area (TPSA) is 114 Å². The van der Waals surface area contributed by atoms with E-state index in [0.717, 1.165) is 23.4 Å². The van der Waals surface area contributed by atoms with Crippen LogP contribution in [0, 0.1) is 11.6 Å². The molecule has 10 nitrogen and oxygen atoms in total. The third-order valence-corrected chi connectivity index (χ3v) is 5.42. The van der Waals surface area contributed by atoms with Crippen molar-refractivity contribution in [2.24, 2.45) is 0 Å². The molecule has 4 aromatic rings. The fourth-order valence-corrected chi connectivity index (χ4v) is 3.79. The second-order valence-corrected chi connectivity index (χ2v) is 7.79. The minimum Gasteiger partial charge on any atom is -0.442 e. The van der Waals surface area contributed by atoms with Crippen LogP contribution in [0.15, 0.2) is 55.0 Å². The van der Waals surface area contributed by atoms with E-state index in [1.165, 1.54) is 15.8 Å². The van der Waals surface area contributed by atoms with Gasteiger partial charge in [-0.3, -0.25) is 4.90 Å². The van der Waals surface area contributed by atoms with Crippen LogP contribution in [0.2, 0.25) is 0 Å². The quantitative estimate of drug-likeness (QED) is 0.410. The number of carbonyl (C=O) groups excluding carboxylic acids is 1. The maximum Gasteiger partial charge on any atom is 0.414 e. The highest BCUT2D eigenvalue weighted by Gasteiger charge is 2.33. The third kappa shape index (κ3) is 4.62. The van der Waals surface area contributed by atoms with Crippen molar-refractivity contribution < 1.29 is 18.3 Å². The zero-order valence-corrected chi connectivity index (χ0v) is 17.9. The Morgan fingerprint density at radius 2 is 1.94 bits per heavy atom. The molecule has 1 saturated heterocycles. The maximum absolute atomic E-state index is 15.0. The first kappa shape index (κ1) is 21.6. The van der Waals surface area contributed by atoms with Gasteiger partial charge in [0, 0.05) is 19.3 Å². The SMILES string of the molecule is O=C1O[C@@H](Cn2ccnn2)CN1c1cc(F)c(-c2ccc(CNCc3cn[nH]n3)cc2)c(F)c1. The summed E-state index contributed by atoms with van der Waals surface area (Å²) in [6.07, 6.45) is 3.61. The number of ether oxygens (including phenoxy) is 1. The molecular formula is C22H20F2N8O2. The number of hydrogen-bond donors (Lipinski definition) is 2. The molecule has 12 heteroatoms. The van der Waals surface area contributed by atoms with Crippen molar-refractivity contribution in [1.82, 2.24) is 35.7 Å². The second kappa shape index (κ2) is 9.35. The fourth-order valence-electron chi connectivity index (χ4n) is 3.79. The van der Waals surface area contributed by atoms with Gasteiger partial charge < -0.3 is 10.1 Å². The number of nitrogens with zero attached hydrogens (tertiary/aromatic N) is 6. The van der Waals surface area contributed by atoms with Crippen molar-refractivity contribution >= 4 is 11.8 Å². The number of anilines is 1.